The maximum absolute atomic E-state index is 14.5. The van der Waals surface area contributed by atoms with E-state index >= 15 is 0 Å². The van der Waals surface area contributed by atoms with E-state index in [1.807, 2.05) is 0 Å². The molecule has 1 fully saturated rings. The van der Waals surface area contributed by atoms with E-state index in [2.05, 4.69) is 9.82 Å². The molecule has 0 unspecified atom stereocenters. The van der Waals surface area contributed by atoms with Gasteiger partial charge in [-0.2, -0.15) is 5.10 Å². The Balaban J connectivity index is 1.82. The van der Waals surface area contributed by atoms with Crippen LogP contribution in [0.3, 0.4) is 0 Å². The van der Waals surface area contributed by atoms with Gasteiger partial charge in [-0.15, -0.1) is 0 Å². The summed E-state index contributed by atoms with van der Waals surface area (Å²) in [5, 5.41) is 16.3. The molecule has 1 aliphatic carbocycles. The lowest BCUT2D eigenvalue weighted by Gasteiger charge is -2.22. The predicted molar refractivity (Wildman–Crippen MR) is 128 cm³/mol. The van der Waals surface area contributed by atoms with Crippen molar-refractivity contribution in [2.24, 2.45) is 0 Å². The minimum Gasteiger partial charge on any atom is -0.287 e. The molecule has 1 aromatic heterocycles. The summed E-state index contributed by atoms with van der Waals surface area (Å²) in [5.74, 6) is -1.57. The molecule has 0 amide bonds. The minimum atomic E-state index is -4.23. The normalized spacial score (nSPS) is 15.4. The first kappa shape index (κ1) is 24.9. The highest BCUT2D eigenvalue weighted by molar-refractivity contribution is 7.89. The van der Waals surface area contributed by atoms with Gasteiger partial charge in [0.25, 0.3) is 5.69 Å². The predicted octanol–water partition coefficient (Wildman–Crippen LogP) is 4.90. The van der Waals surface area contributed by atoms with Crippen LogP contribution in [-0.4, -0.2) is 34.4 Å². The molecular weight excluding hydrogens is 475 g/mol. The minimum absolute atomic E-state index is 0.00468. The van der Waals surface area contributed by atoms with Crippen LogP contribution >= 0.6 is 0 Å². The summed E-state index contributed by atoms with van der Waals surface area (Å²) >= 11 is 0. The number of hydrogen-bond donors (Lipinski definition) is 1. The van der Waals surface area contributed by atoms with Gasteiger partial charge < -0.3 is 0 Å². The van der Waals surface area contributed by atoms with E-state index in [1.54, 1.807) is 25.5 Å². The highest BCUT2D eigenvalue weighted by Crippen LogP contribution is 2.34. The van der Waals surface area contributed by atoms with Crippen molar-refractivity contribution in [3.63, 3.8) is 0 Å². The molecule has 9 nitrogen and oxygen atoms in total. The van der Waals surface area contributed by atoms with Crippen molar-refractivity contribution in [2.75, 3.05) is 0 Å². The molecular formula is C24H27FN4O5S. The fourth-order valence-electron chi connectivity index (χ4n) is 4.46. The van der Waals surface area contributed by atoms with Gasteiger partial charge in [0.05, 0.1) is 16.5 Å². The third-order valence-corrected chi connectivity index (χ3v) is 7.73. The van der Waals surface area contributed by atoms with Crippen LogP contribution in [0.4, 0.5) is 10.1 Å². The quantitative estimate of drug-likeness (QED) is 0.291. The number of carbonyl (C=O) groups is 1. The number of aromatic nitrogens is 2. The van der Waals surface area contributed by atoms with Crippen LogP contribution < -0.4 is 4.72 Å². The summed E-state index contributed by atoms with van der Waals surface area (Å²) in [6, 6.07) is 7.34. The number of halogens is 1. The maximum atomic E-state index is 14.5. The smallest absolute Gasteiger partial charge is 0.271 e. The summed E-state index contributed by atoms with van der Waals surface area (Å²) in [6.07, 6.45) is 4.75. The third kappa shape index (κ3) is 5.10. The first-order chi connectivity index (χ1) is 16.4. The number of non-ortho nitro benzene ring substituents is 1. The second-order valence-corrected chi connectivity index (χ2v) is 11.5. The van der Waals surface area contributed by atoms with Gasteiger partial charge in [0.15, 0.2) is 0 Å². The number of nitrogens with zero attached hydrogens (tertiary/aromatic N) is 3. The number of fused-ring (bicyclic) bond motifs is 1. The van der Waals surface area contributed by atoms with Gasteiger partial charge in [-0.1, -0.05) is 19.3 Å². The van der Waals surface area contributed by atoms with Gasteiger partial charge in [-0.3, -0.25) is 19.6 Å². The highest BCUT2D eigenvalue weighted by atomic mass is 32.2. The van der Waals surface area contributed by atoms with Crippen molar-refractivity contribution in [1.29, 1.82) is 0 Å². The summed E-state index contributed by atoms with van der Waals surface area (Å²) in [5.41, 5.74) is -0.501. The Bertz CT molecular complexity index is 1420. The summed E-state index contributed by atoms with van der Waals surface area (Å²) in [6.45, 7) is 4.88. The number of benzene rings is 2. The van der Waals surface area contributed by atoms with Crippen molar-refractivity contribution in [2.45, 2.75) is 69.4 Å². The zero-order valence-electron chi connectivity index (χ0n) is 19.7. The maximum Gasteiger partial charge on any atom is 0.271 e. The number of ketones is 1. The molecule has 186 valence electrons. The second-order valence-electron chi connectivity index (χ2n) is 9.87. The molecule has 3 aromatic rings. The zero-order valence-corrected chi connectivity index (χ0v) is 20.6. The molecule has 1 saturated carbocycles. The molecule has 2 aromatic carbocycles. The summed E-state index contributed by atoms with van der Waals surface area (Å²) < 4.78 is 44.1. The van der Waals surface area contributed by atoms with Gasteiger partial charge in [0.1, 0.15) is 16.4 Å². The SMILES string of the molecule is CC(C)(C)NS(=O)(=O)c1cc(C(=O)c2nn(C3CCCCC3)c3cc([N+](=O)[O-])ccc23)ccc1F. The molecule has 0 atom stereocenters. The van der Waals surface area contributed by atoms with Crippen molar-refractivity contribution in [3.8, 4) is 0 Å². The number of nitro benzene ring substituents is 1. The Morgan fingerprint density at radius 3 is 2.46 bits per heavy atom. The van der Waals surface area contributed by atoms with Crippen LogP contribution in [0, 0.1) is 15.9 Å². The van der Waals surface area contributed by atoms with E-state index in [-0.39, 0.29) is 23.0 Å². The van der Waals surface area contributed by atoms with E-state index in [0.717, 1.165) is 44.2 Å². The lowest BCUT2D eigenvalue weighted by Crippen LogP contribution is -2.40. The number of hydrogen-bond acceptors (Lipinski definition) is 6. The van der Waals surface area contributed by atoms with Gasteiger partial charge in [0, 0.05) is 28.6 Å². The van der Waals surface area contributed by atoms with Crippen LogP contribution in [-0.2, 0) is 10.0 Å². The largest absolute Gasteiger partial charge is 0.287 e. The molecule has 1 heterocycles. The van der Waals surface area contributed by atoms with Gasteiger partial charge in [0.2, 0.25) is 15.8 Å². The first-order valence-electron chi connectivity index (χ1n) is 11.4. The molecule has 35 heavy (non-hydrogen) atoms. The van der Waals surface area contributed by atoms with Crippen molar-refractivity contribution in [1.82, 2.24) is 14.5 Å². The Morgan fingerprint density at radius 2 is 1.83 bits per heavy atom. The average molecular weight is 503 g/mol. The fraction of sp³-hybridized carbons (Fsp3) is 0.417. The lowest BCUT2D eigenvalue weighted by molar-refractivity contribution is -0.384. The van der Waals surface area contributed by atoms with Crippen LogP contribution in [0.5, 0.6) is 0 Å². The molecule has 1 N–H and O–H groups in total. The van der Waals surface area contributed by atoms with E-state index in [9.17, 15) is 27.7 Å². The van der Waals surface area contributed by atoms with Crippen LogP contribution in [0.2, 0.25) is 0 Å². The monoisotopic (exact) mass is 502 g/mol. The summed E-state index contributed by atoms with van der Waals surface area (Å²) in [4.78, 5) is 23.7. The fourth-order valence-corrected chi connectivity index (χ4v) is 5.98. The molecule has 0 radical (unpaired) electrons. The first-order valence-corrected chi connectivity index (χ1v) is 12.9. The number of nitrogens with one attached hydrogen (secondary N) is 1. The number of sulfonamides is 1. The van der Waals surface area contributed by atoms with E-state index in [1.165, 1.54) is 24.3 Å². The van der Waals surface area contributed by atoms with E-state index in [0.29, 0.717) is 10.9 Å². The Morgan fingerprint density at radius 1 is 1.14 bits per heavy atom. The Hall–Kier alpha value is -3.18. The number of nitro groups is 1. The molecule has 0 bridgehead atoms. The average Bonchev–Trinajstić information content (AvgIpc) is 3.16. The molecule has 0 aliphatic heterocycles. The number of rotatable bonds is 6. The van der Waals surface area contributed by atoms with Crippen LogP contribution in [0.15, 0.2) is 41.3 Å². The van der Waals surface area contributed by atoms with Gasteiger partial charge in [-0.05, 0) is 57.9 Å². The lowest BCUT2D eigenvalue weighted by atomic mass is 9.95. The second kappa shape index (κ2) is 9.12. The van der Waals surface area contributed by atoms with E-state index in [4.69, 9.17) is 0 Å². The van der Waals surface area contributed by atoms with E-state index < -0.39 is 37.0 Å². The van der Waals surface area contributed by atoms with Gasteiger partial charge >= 0.3 is 0 Å². The molecule has 0 spiro atoms. The topological polar surface area (TPSA) is 124 Å². The molecule has 4 rings (SSSR count). The highest BCUT2D eigenvalue weighted by Gasteiger charge is 2.29. The summed E-state index contributed by atoms with van der Waals surface area (Å²) in [7, 11) is -4.23. The van der Waals surface area contributed by atoms with Crippen LogP contribution in [0.25, 0.3) is 10.9 Å². The Labute approximate surface area is 202 Å². The van der Waals surface area contributed by atoms with Gasteiger partial charge in [-0.25, -0.2) is 17.5 Å². The van der Waals surface area contributed by atoms with Crippen molar-refractivity contribution >= 4 is 32.4 Å². The van der Waals surface area contributed by atoms with Crippen molar-refractivity contribution in [3.05, 3.63) is 63.6 Å². The van der Waals surface area contributed by atoms with Crippen LogP contribution in [0.1, 0.15) is 75.0 Å². The van der Waals surface area contributed by atoms with Crippen molar-refractivity contribution < 1.29 is 22.5 Å². The molecule has 11 heteroatoms. The molecule has 0 saturated heterocycles. The third-order valence-electron chi connectivity index (χ3n) is 5.96. The molecule has 1 aliphatic rings. The standard InChI is InChI=1S/C24H27FN4O5S/c1-24(2,3)27-35(33,34)21-13-15(9-12-19(21)25)23(30)22-18-11-10-17(29(31)32)14-20(18)28(26-22)16-7-5-4-6-8-16/h9-14,16,27H,4-8H2,1-3H3. The zero-order chi connectivity index (χ0) is 25.5. The number of carbonyl (C=O) groups excluding carboxylic acids is 1. The Kier molecular flexibility index (Phi) is 6.50.